The highest BCUT2D eigenvalue weighted by Crippen LogP contribution is 2.65. The number of amides is 1. The molecule has 4 aliphatic carbocycles. The molecule has 2 heterocycles. The molecule has 0 unspecified atom stereocenters. The van der Waals surface area contributed by atoms with Crippen LogP contribution in [0.25, 0.3) is 5.69 Å². The molecule has 5 atom stereocenters. The van der Waals surface area contributed by atoms with Crippen LogP contribution in [-0.2, 0) is 16.6 Å². The van der Waals surface area contributed by atoms with E-state index < -0.39 is 0 Å². The van der Waals surface area contributed by atoms with Crippen LogP contribution in [0.4, 0.5) is 10.9 Å². The van der Waals surface area contributed by atoms with Crippen LogP contribution in [0.1, 0.15) is 72.6 Å². The molecule has 2 aromatic heterocycles. The Balaban J connectivity index is 1.13. The number of para-hydroxylation sites is 1. The second-order valence-corrected chi connectivity index (χ2v) is 14.9. The maximum atomic E-state index is 13.3. The lowest BCUT2D eigenvalue weighted by Gasteiger charge is -2.57. The second-order valence-electron chi connectivity index (χ2n) is 12.1. The number of anilines is 2. The van der Waals surface area contributed by atoms with Gasteiger partial charge in [-0.25, -0.2) is 4.98 Å². The summed E-state index contributed by atoms with van der Waals surface area (Å²) in [7, 11) is 0. The van der Waals surface area contributed by atoms with Gasteiger partial charge in [0.15, 0.2) is 14.9 Å². The molecule has 1 amide bonds. The number of hydrogen-bond donors (Lipinski definition) is 2. The van der Waals surface area contributed by atoms with Crippen LogP contribution in [0.2, 0.25) is 0 Å². The molecule has 3 N–H and O–H groups in total. The highest BCUT2D eigenvalue weighted by atomic mass is 32.1. The maximum absolute atomic E-state index is 13.3. The van der Waals surface area contributed by atoms with Gasteiger partial charge in [0, 0.05) is 22.4 Å². The van der Waals surface area contributed by atoms with Crippen molar-refractivity contribution in [2.24, 2.45) is 23.2 Å². The topological polar surface area (TPSA) is 90.0 Å². The number of aromatic nitrogens is 2. The number of hydrogen-bond acceptors (Lipinski definition) is 7. The average Bonchev–Trinajstić information content (AvgIpc) is 3.54. The number of nitrogens with zero attached hydrogens (tertiary/aromatic N) is 2. The van der Waals surface area contributed by atoms with Crippen LogP contribution in [0.5, 0.6) is 0 Å². The van der Waals surface area contributed by atoms with Gasteiger partial charge in [0.1, 0.15) is 10.7 Å². The van der Waals surface area contributed by atoms with Gasteiger partial charge in [0.05, 0.1) is 5.69 Å². The molecular formula is C30H32N4O2S3. The minimum absolute atomic E-state index is 0.0319. The molecule has 4 aliphatic rings. The number of fused-ring (bicyclic) bond motifs is 7. The molecule has 9 heteroatoms. The molecule has 2 saturated carbocycles. The normalized spacial score (nSPS) is 31.1. The molecule has 1 aromatic carbocycles. The molecule has 7 rings (SSSR count). The standard InChI is InChI=1S/C30H32N4O2S3/c1-29-12-10-18(35)14-16(29)8-9-19-20(29)11-13-30(2)21(19)15-22-24(30)32-27(38-22)33-26(36)23-25(31)34(28(37)39-23)17-6-4-3-5-7-17/h3-7,14,19-21H,8-13,15,31H2,1-2H3,(H,32,33,36)/t19-,20+,21+,29+,30+/m1/s1. The van der Waals surface area contributed by atoms with Crippen molar-refractivity contribution in [2.75, 3.05) is 11.1 Å². The van der Waals surface area contributed by atoms with Gasteiger partial charge in [-0.05, 0) is 92.1 Å². The van der Waals surface area contributed by atoms with E-state index in [0.717, 1.165) is 31.4 Å². The number of rotatable bonds is 3. The minimum atomic E-state index is -0.262. The lowest BCUT2D eigenvalue weighted by Crippen LogP contribution is -2.51. The van der Waals surface area contributed by atoms with Gasteiger partial charge in [-0.1, -0.05) is 49.0 Å². The van der Waals surface area contributed by atoms with Gasteiger partial charge in [-0.2, -0.15) is 0 Å². The second kappa shape index (κ2) is 8.94. The van der Waals surface area contributed by atoms with Crippen molar-refractivity contribution in [3.8, 4) is 5.69 Å². The molecule has 0 saturated heterocycles. The molecule has 2 fully saturated rings. The van der Waals surface area contributed by atoms with Crippen molar-refractivity contribution in [1.29, 1.82) is 0 Å². The molecule has 0 radical (unpaired) electrons. The molecule has 202 valence electrons. The van der Waals surface area contributed by atoms with Crippen LogP contribution in [-0.4, -0.2) is 21.2 Å². The zero-order valence-electron chi connectivity index (χ0n) is 22.2. The SMILES string of the molecule is C[C@]12CCC(=O)C=C1CC[C@@H]1[C@@H]2CC[C@]2(C)c3nc(NC(=O)c4sc(=S)n(-c5ccccc5)c4N)sc3C[C@@H]12. The molecule has 6 nitrogen and oxygen atoms in total. The van der Waals surface area contributed by atoms with E-state index in [4.69, 9.17) is 22.9 Å². The maximum Gasteiger partial charge on any atom is 0.271 e. The highest BCUT2D eigenvalue weighted by molar-refractivity contribution is 7.73. The zero-order chi connectivity index (χ0) is 27.1. The van der Waals surface area contributed by atoms with Gasteiger partial charge in [-0.3, -0.25) is 19.5 Å². The Kier molecular flexibility index (Phi) is 5.81. The number of thiazole rings is 2. The first-order valence-electron chi connectivity index (χ1n) is 13.8. The molecule has 0 aliphatic heterocycles. The van der Waals surface area contributed by atoms with Gasteiger partial charge < -0.3 is 5.73 Å². The number of carbonyl (C=O) groups is 2. The van der Waals surface area contributed by atoms with Crippen LogP contribution in [0.3, 0.4) is 0 Å². The predicted octanol–water partition coefficient (Wildman–Crippen LogP) is 7.10. The Morgan fingerprint density at radius 1 is 1.10 bits per heavy atom. The fourth-order valence-corrected chi connectivity index (χ4v) is 10.7. The molecular weight excluding hydrogens is 545 g/mol. The first-order valence-corrected chi connectivity index (χ1v) is 15.9. The van der Waals surface area contributed by atoms with Crippen molar-refractivity contribution in [3.05, 3.63) is 61.4 Å². The van der Waals surface area contributed by atoms with Gasteiger partial charge in [0.2, 0.25) is 0 Å². The van der Waals surface area contributed by atoms with Crippen molar-refractivity contribution in [1.82, 2.24) is 9.55 Å². The molecule has 3 aromatic rings. The van der Waals surface area contributed by atoms with E-state index in [0.29, 0.717) is 49.7 Å². The quantitative estimate of drug-likeness (QED) is 0.325. The number of carbonyl (C=O) groups excluding carboxylic acids is 2. The largest absolute Gasteiger partial charge is 0.383 e. The summed E-state index contributed by atoms with van der Waals surface area (Å²) in [4.78, 5) is 32.2. The Hall–Kier alpha value is -2.62. The van der Waals surface area contributed by atoms with Crippen molar-refractivity contribution >= 4 is 57.5 Å². The third-order valence-electron chi connectivity index (χ3n) is 10.3. The Morgan fingerprint density at radius 3 is 2.69 bits per heavy atom. The summed E-state index contributed by atoms with van der Waals surface area (Å²) < 4.78 is 2.29. The van der Waals surface area contributed by atoms with Crippen molar-refractivity contribution in [2.45, 2.75) is 64.2 Å². The number of nitrogens with one attached hydrogen (secondary N) is 1. The Labute approximate surface area is 241 Å². The summed E-state index contributed by atoms with van der Waals surface area (Å²) in [5.41, 5.74) is 10.0. The third-order valence-corrected chi connectivity index (χ3v) is 12.7. The highest BCUT2D eigenvalue weighted by Gasteiger charge is 2.58. The van der Waals surface area contributed by atoms with Crippen LogP contribution < -0.4 is 11.1 Å². The first kappa shape index (κ1) is 25.4. The summed E-state index contributed by atoms with van der Waals surface area (Å²) in [6.07, 6.45) is 9.19. The van der Waals surface area contributed by atoms with Crippen LogP contribution in [0, 0.1) is 27.1 Å². The van der Waals surface area contributed by atoms with Gasteiger partial charge >= 0.3 is 0 Å². The number of ketones is 1. The van der Waals surface area contributed by atoms with Crippen molar-refractivity contribution < 1.29 is 9.59 Å². The lowest BCUT2D eigenvalue weighted by atomic mass is 9.47. The van der Waals surface area contributed by atoms with E-state index in [-0.39, 0.29) is 16.7 Å². The number of benzene rings is 1. The summed E-state index contributed by atoms with van der Waals surface area (Å²) in [6.45, 7) is 4.82. The summed E-state index contributed by atoms with van der Waals surface area (Å²) >= 11 is 8.38. The zero-order valence-corrected chi connectivity index (χ0v) is 24.6. The predicted molar refractivity (Wildman–Crippen MR) is 159 cm³/mol. The third kappa shape index (κ3) is 3.76. The Bertz CT molecular complexity index is 1600. The first-order chi connectivity index (χ1) is 18.7. The van der Waals surface area contributed by atoms with Crippen LogP contribution >= 0.6 is 34.9 Å². The fraction of sp³-hybridized carbons (Fsp3) is 0.467. The monoisotopic (exact) mass is 576 g/mol. The average molecular weight is 577 g/mol. The number of allylic oxidation sites excluding steroid dienone is 2. The smallest absolute Gasteiger partial charge is 0.271 e. The Morgan fingerprint density at radius 2 is 1.90 bits per heavy atom. The number of nitrogens with two attached hydrogens (primary N) is 1. The van der Waals surface area contributed by atoms with E-state index in [1.165, 1.54) is 40.3 Å². The van der Waals surface area contributed by atoms with E-state index in [1.807, 2.05) is 36.4 Å². The number of nitrogen functional groups attached to an aromatic ring is 1. The summed E-state index contributed by atoms with van der Waals surface area (Å²) in [6, 6.07) is 9.63. The minimum Gasteiger partial charge on any atom is -0.383 e. The van der Waals surface area contributed by atoms with Gasteiger partial charge in [0.25, 0.3) is 5.91 Å². The lowest BCUT2D eigenvalue weighted by molar-refractivity contribution is -0.117. The fourth-order valence-electron chi connectivity index (χ4n) is 8.26. The molecule has 0 spiro atoms. The summed E-state index contributed by atoms with van der Waals surface area (Å²) in [5.74, 6) is 2.28. The van der Waals surface area contributed by atoms with Gasteiger partial charge in [-0.15, -0.1) is 11.3 Å². The van der Waals surface area contributed by atoms with E-state index in [9.17, 15) is 9.59 Å². The van der Waals surface area contributed by atoms with E-state index in [1.54, 1.807) is 15.9 Å². The van der Waals surface area contributed by atoms with E-state index >= 15 is 0 Å². The molecule has 39 heavy (non-hydrogen) atoms. The van der Waals surface area contributed by atoms with E-state index in [2.05, 4.69) is 19.2 Å². The van der Waals surface area contributed by atoms with Crippen molar-refractivity contribution in [3.63, 3.8) is 0 Å². The molecule has 0 bridgehead atoms. The summed E-state index contributed by atoms with van der Waals surface area (Å²) in [5, 5.41) is 3.68. The van der Waals surface area contributed by atoms with Crippen LogP contribution in [0.15, 0.2) is 42.0 Å².